The first-order valence-electron chi connectivity index (χ1n) is 7.29. The molecule has 2 rings (SSSR count). The summed E-state index contributed by atoms with van der Waals surface area (Å²) in [5, 5.41) is 0. The lowest BCUT2D eigenvalue weighted by molar-refractivity contribution is -0.138. The van der Waals surface area contributed by atoms with Gasteiger partial charge in [0.1, 0.15) is 0 Å². The molecule has 0 aromatic carbocycles. The Bertz CT molecular complexity index is 508. The molecule has 0 N–H and O–H groups in total. The van der Waals surface area contributed by atoms with E-state index in [2.05, 4.69) is 0 Å². The van der Waals surface area contributed by atoms with Crippen molar-refractivity contribution in [3.63, 3.8) is 0 Å². The first kappa shape index (κ1) is 16.2. The van der Waals surface area contributed by atoms with Crippen molar-refractivity contribution in [2.75, 3.05) is 39.0 Å². The van der Waals surface area contributed by atoms with E-state index in [0.29, 0.717) is 26.2 Å². The minimum Gasteiger partial charge on any atom is -0.339 e. The molecule has 0 radical (unpaired) electrons. The number of carbonyl (C=O) groups excluding carboxylic acids is 2. The van der Waals surface area contributed by atoms with Gasteiger partial charge in [-0.2, -0.15) is 4.31 Å². The molecular formula is C13H23N3O4S. The van der Waals surface area contributed by atoms with Crippen LogP contribution >= 0.6 is 0 Å². The molecule has 0 spiro atoms. The lowest BCUT2D eigenvalue weighted by Gasteiger charge is -2.34. The molecule has 0 aromatic heterocycles. The van der Waals surface area contributed by atoms with Crippen molar-refractivity contribution in [1.82, 2.24) is 14.1 Å². The van der Waals surface area contributed by atoms with Crippen LogP contribution in [0.15, 0.2) is 0 Å². The average molecular weight is 317 g/mol. The van der Waals surface area contributed by atoms with E-state index >= 15 is 0 Å². The van der Waals surface area contributed by atoms with Gasteiger partial charge in [0.15, 0.2) is 0 Å². The van der Waals surface area contributed by atoms with E-state index in [1.165, 1.54) is 17.5 Å². The van der Waals surface area contributed by atoms with Crippen LogP contribution in [0.5, 0.6) is 0 Å². The lowest BCUT2D eigenvalue weighted by Crippen LogP contribution is -2.50. The number of nitrogens with zero attached hydrogens (tertiary/aromatic N) is 3. The van der Waals surface area contributed by atoms with E-state index in [0.717, 1.165) is 12.8 Å². The molecule has 0 bridgehead atoms. The summed E-state index contributed by atoms with van der Waals surface area (Å²) in [4.78, 5) is 26.8. The zero-order chi connectivity index (χ0) is 15.6. The van der Waals surface area contributed by atoms with Crippen LogP contribution in [-0.4, -0.2) is 79.4 Å². The molecular weight excluding hydrogens is 294 g/mol. The third kappa shape index (κ3) is 4.41. The highest BCUT2D eigenvalue weighted by atomic mass is 32.2. The quantitative estimate of drug-likeness (QED) is 0.684. The van der Waals surface area contributed by atoms with Gasteiger partial charge >= 0.3 is 0 Å². The van der Waals surface area contributed by atoms with E-state index in [4.69, 9.17) is 0 Å². The topological polar surface area (TPSA) is 78.0 Å². The average Bonchev–Trinajstić information content (AvgIpc) is 3.22. The Morgan fingerprint density at radius 2 is 1.62 bits per heavy atom. The van der Waals surface area contributed by atoms with Crippen molar-refractivity contribution in [1.29, 1.82) is 0 Å². The van der Waals surface area contributed by atoms with E-state index in [9.17, 15) is 18.0 Å². The molecule has 120 valence electrons. The van der Waals surface area contributed by atoms with E-state index < -0.39 is 10.0 Å². The van der Waals surface area contributed by atoms with Gasteiger partial charge in [0.2, 0.25) is 21.8 Å². The molecule has 0 aromatic rings. The van der Waals surface area contributed by atoms with Crippen molar-refractivity contribution >= 4 is 21.8 Å². The zero-order valence-corrected chi connectivity index (χ0v) is 13.4. The van der Waals surface area contributed by atoms with Crippen LogP contribution in [0.4, 0.5) is 0 Å². The normalized spacial score (nSPS) is 20.0. The van der Waals surface area contributed by atoms with Crippen molar-refractivity contribution in [2.24, 2.45) is 0 Å². The van der Waals surface area contributed by atoms with Gasteiger partial charge < -0.3 is 9.80 Å². The Hall–Kier alpha value is -1.15. The molecule has 0 atom stereocenters. The maximum atomic E-state index is 12.2. The summed E-state index contributed by atoms with van der Waals surface area (Å²) in [5.74, 6) is -0.00779. The van der Waals surface area contributed by atoms with Crippen LogP contribution in [0.25, 0.3) is 0 Å². The summed E-state index contributed by atoms with van der Waals surface area (Å²) in [6, 6.07) is 0.0855. The number of rotatable bonds is 5. The van der Waals surface area contributed by atoms with Crippen molar-refractivity contribution in [3.8, 4) is 0 Å². The molecule has 1 aliphatic carbocycles. The molecule has 8 heteroatoms. The Labute approximate surface area is 125 Å². The second-order valence-electron chi connectivity index (χ2n) is 5.74. The molecule has 2 amide bonds. The van der Waals surface area contributed by atoms with E-state index in [1.54, 1.807) is 9.80 Å². The number of carbonyl (C=O) groups is 2. The third-order valence-corrected chi connectivity index (χ3v) is 5.34. The van der Waals surface area contributed by atoms with Gasteiger partial charge in [-0.15, -0.1) is 0 Å². The Morgan fingerprint density at radius 3 is 2.05 bits per heavy atom. The maximum Gasteiger partial charge on any atom is 0.224 e. The lowest BCUT2D eigenvalue weighted by atomic mass is 10.2. The van der Waals surface area contributed by atoms with Gasteiger partial charge in [0.05, 0.1) is 6.26 Å². The van der Waals surface area contributed by atoms with Gasteiger partial charge in [-0.1, -0.05) is 0 Å². The monoisotopic (exact) mass is 317 g/mol. The van der Waals surface area contributed by atoms with Crippen molar-refractivity contribution in [3.05, 3.63) is 0 Å². The first-order valence-corrected chi connectivity index (χ1v) is 9.14. The zero-order valence-electron chi connectivity index (χ0n) is 12.6. The SMILES string of the molecule is CC(=O)N1CCN(C(=O)CCN(C2CC2)S(C)(=O)=O)CC1. The number of hydrogen-bond acceptors (Lipinski definition) is 4. The van der Waals surface area contributed by atoms with Crippen LogP contribution in [0, 0.1) is 0 Å². The fourth-order valence-corrected chi connectivity index (χ4v) is 3.79. The van der Waals surface area contributed by atoms with Crippen LogP contribution in [-0.2, 0) is 19.6 Å². The predicted octanol–water partition coefficient (Wildman–Crippen LogP) is -0.509. The van der Waals surface area contributed by atoms with Gasteiger partial charge in [0, 0.05) is 52.1 Å². The highest BCUT2D eigenvalue weighted by molar-refractivity contribution is 7.88. The third-order valence-electron chi connectivity index (χ3n) is 4.00. The Kier molecular flexibility index (Phi) is 4.88. The summed E-state index contributed by atoms with van der Waals surface area (Å²) in [5.41, 5.74) is 0. The molecule has 2 fully saturated rings. The minimum atomic E-state index is -3.24. The minimum absolute atomic E-state index is 0.0269. The standard InChI is InChI=1S/C13H23N3O4S/c1-11(17)14-7-9-15(10-8-14)13(18)5-6-16(12-3-4-12)21(2,19)20/h12H,3-10H2,1-2H3. The van der Waals surface area contributed by atoms with Crippen LogP contribution in [0.2, 0.25) is 0 Å². The highest BCUT2D eigenvalue weighted by Gasteiger charge is 2.35. The summed E-state index contributed by atoms with van der Waals surface area (Å²) < 4.78 is 24.8. The van der Waals surface area contributed by atoms with Gasteiger partial charge in [-0.25, -0.2) is 8.42 Å². The molecule has 1 heterocycles. The van der Waals surface area contributed by atoms with Crippen molar-refractivity contribution in [2.45, 2.75) is 32.2 Å². The van der Waals surface area contributed by atoms with Crippen LogP contribution in [0.1, 0.15) is 26.2 Å². The Balaban J connectivity index is 1.81. The molecule has 1 aliphatic heterocycles. The number of hydrogen-bond donors (Lipinski definition) is 0. The second-order valence-corrected chi connectivity index (χ2v) is 7.68. The largest absolute Gasteiger partial charge is 0.339 e. The van der Waals surface area contributed by atoms with Gasteiger partial charge in [-0.05, 0) is 12.8 Å². The van der Waals surface area contributed by atoms with Gasteiger partial charge in [0.25, 0.3) is 0 Å². The number of piperazine rings is 1. The fourth-order valence-electron chi connectivity index (χ4n) is 2.62. The van der Waals surface area contributed by atoms with Crippen molar-refractivity contribution < 1.29 is 18.0 Å². The smallest absolute Gasteiger partial charge is 0.224 e. The molecule has 2 aliphatic rings. The van der Waals surface area contributed by atoms with Crippen LogP contribution < -0.4 is 0 Å². The second kappa shape index (κ2) is 6.31. The summed E-state index contributed by atoms with van der Waals surface area (Å²) in [6.45, 7) is 3.95. The highest BCUT2D eigenvalue weighted by Crippen LogP contribution is 2.28. The van der Waals surface area contributed by atoms with Gasteiger partial charge in [-0.3, -0.25) is 9.59 Å². The first-order chi connectivity index (χ1) is 9.79. The summed E-state index contributed by atoms with van der Waals surface area (Å²) >= 11 is 0. The summed E-state index contributed by atoms with van der Waals surface area (Å²) in [6.07, 6.45) is 3.18. The Morgan fingerprint density at radius 1 is 1.10 bits per heavy atom. The number of sulfonamides is 1. The fraction of sp³-hybridized carbons (Fsp3) is 0.846. The number of amides is 2. The summed E-state index contributed by atoms with van der Waals surface area (Å²) in [7, 11) is -3.24. The van der Waals surface area contributed by atoms with E-state index in [1.807, 2.05) is 0 Å². The molecule has 1 saturated carbocycles. The van der Waals surface area contributed by atoms with Crippen LogP contribution in [0.3, 0.4) is 0 Å². The molecule has 0 unspecified atom stereocenters. The molecule has 7 nitrogen and oxygen atoms in total. The predicted molar refractivity (Wildman–Crippen MR) is 78.0 cm³/mol. The molecule has 1 saturated heterocycles. The van der Waals surface area contributed by atoms with E-state index in [-0.39, 0.29) is 30.8 Å². The molecule has 21 heavy (non-hydrogen) atoms. The maximum absolute atomic E-state index is 12.2.